The van der Waals surface area contributed by atoms with Crippen molar-refractivity contribution in [3.05, 3.63) is 48.8 Å². The molecular weight excluding hydrogens is 310 g/mol. The molecule has 1 aromatic carbocycles. The maximum Gasteiger partial charge on any atom is 0.163 e. The summed E-state index contributed by atoms with van der Waals surface area (Å²) in [5, 5.41) is 4.60. The van der Waals surface area contributed by atoms with E-state index >= 15 is 0 Å². The van der Waals surface area contributed by atoms with Crippen LogP contribution in [0.4, 0.5) is 5.82 Å². The van der Waals surface area contributed by atoms with Crippen LogP contribution in [0.25, 0.3) is 22.3 Å². The lowest BCUT2D eigenvalue weighted by Gasteiger charge is -2.26. The van der Waals surface area contributed by atoms with Crippen molar-refractivity contribution in [3.63, 3.8) is 0 Å². The highest BCUT2D eigenvalue weighted by molar-refractivity contribution is 5.90. The Balaban J connectivity index is 1.58. The third-order valence-electron chi connectivity index (χ3n) is 4.69. The van der Waals surface area contributed by atoms with E-state index in [1.165, 1.54) is 32.4 Å². The summed E-state index contributed by atoms with van der Waals surface area (Å²) in [5.74, 6) is 1.62. The zero-order valence-electron chi connectivity index (χ0n) is 14.4. The highest BCUT2D eigenvalue weighted by Crippen LogP contribution is 2.24. The minimum Gasteiger partial charge on any atom is -0.368 e. The van der Waals surface area contributed by atoms with E-state index in [1.807, 2.05) is 36.5 Å². The molecule has 0 bridgehead atoms. The summed E-state index contributed by atoms with van der Waals surface area (Å²) in [6.07, 6.45) is 7.59. The van der Waals surface area contributed by atoms with Crippen LogP contribution < -0.4 is 5.32 Å². The predicted octanol–water partition coefficient (Wildman–Crippen LogP) is 3.59. The highest BCUT2D eigenvalue weighted by atomic mass is 15.1. The molecule has 0 amide bonds. The summed E-state index contributed by atoms with van der Waals surface area (Å²) in [6.45, 7) is 4.38. The van der Waals surface area contributed by atoms with Gasteiger partial charge in [-0.2, -0.15) is 0 Å². The fraction of sp³-hybridized carbons (Fsp3) is 0.350. The largest absolute Gasteiger partial charge is 0.368 e. The molecule has 0 atom stereocenters. The maximum absolute atomic E-state index is 4.77. The van der Waals surface area contributed by atoms with Crippen molar-refractivity contribution in [2.24, 2.45) is 0 Å². The second-order valence-electron chi connectivity index (χ2n) is 6.48. The van der Waals surface area contributed by atoms with Crippen LogP contribution in [0.3, 0.4) is 0 Å². The second kappa shape index (κ2) is 7.57. The van der Waals surface area contributed by atoms with E-state index in [2.05, 4.69) is 21.3 Å². The minimum atomic E-state index is 0.715. The summed E-state index contributed by atoms with van der Waals surface area (Å²) in [7, 11) is 0. The molecule has 5 nitrogen and oxygen atoms in total. The average molecular weight is 333 g/mol. The van der Waals surface area contributed by atoms with Crippen molar-refractivity contribution >= 4 is 16.7 Å². The van der Waals surface area contributed by atoms with E-state index in [1.54, 1.807) is 6.20 Å². The van der Waals surface area contributed by atoms with Gasteiger partial charge in [-0.25, -0.2) is 9.97 Å². The third kappa shape index (κ3) is 3.77. The van der Waals surface area contributed by atoms with Crippen molar-refractivity contribution in [3.8, 4) is 11.4 Å². The Kier molecular flexibility index (Phi) is 4.84. The zero-order chi connectivity index (χ0) is 16.9. The van der Waals surface area contributed by atoms with Gasteiger partial charge in [0.25, 0.3) is 0 Å². The first-order valence-corrected chi connectivity index (χ1v) is 9.03. The molecule has 0 saturated carbocycles. The highest BCUT2D eigenvalue weighted by Gasteiger charge is 2.11. The smallest absolute Gasteiger partial charge is 0.163 e. The Morgan fingerprint density at radius 1 is 0.960 bits per heavy atom. The Labute approximate surface area is 148 Å². The Hall–Kier alpha value is -2.53. The normalized spacial score (nSPS) is 15.4. The van der Waals surface area contributed by atoms with Crippen LogP contribution in [0.1, 0.15) is 19.3 Å². The van der Waals surface area contributed by atoms with Crippen LogP contribution in [0.2, 0.25) is 0 Å². The van der Waals surface area contributed by atoms with Gasteiger partial charge in [0.15, 0.2) is 5.82 Å². The second-order valence-corrected chi connectivity index (χ2v) is 6.48. The predicted molar refractivity (Wildman–Crippen MR) is 102 cm³/mol. The minimum absolute atomic E-state index is 0.715. The Morgan fingerprint density at radius 2 is 1.84 bits per heavy atom. The van der Waals surface area contributed by atoms with Gasteiger partial charge in [-0.05, 0) is 50.2 Å². The molecular formula is C20H23N5. The monoisotopic (exact) mass is 333 g/mol. The quantitative estimate of drug-likeness (QED) is 0.773. The van der Waals surface area contributed by atoms with Crippen LogP contribution in [0, 0.1) is 0 Å². The molecule has 4 rings (SSSR count). The first-order chi connectivity index (χ1) is 12.4. The Bertz CT molecular complexity index is 828. The summed E-state index contributed by atoms with van der Waals surface area (Å²) in [6, 6.07) is 12.1. The number of piperidine rings is 1. The number of para-hydroxylation sites is 1. The van der Waals surface area contributed by atoms with Crippen LogP contribution >= 0.6 is 0 Å². The standard InChI is InChI=1S/C20H23N5/c1-4-12-25(13-5-1)14-11-22-20-17-8-2-3-9-18(17)23-19(24-20)16-7-6-10-21-15-16/h2-3,6-10,15H,1,4-5,11-14H2,(H,22,23,24). The van der Waals surface area contributed by atoms with Crippen molar-refractivity contribution < 1.29 is 0 Å². The van der Waals surface area contributed by atoms with Gasteiger partial charge in [0.1, 0.15) is 5.82 Å². The summed E-state index contributed by atoms with van der Waals surface area (Å²) in [4.78, 5) is 16.2. The zero-order valence-corrected chi connectivity index (χ0v) is 14.4. The van der Waals surface area contributed by atoms with Gasteiger partial charge in [-0.3, -0.25) is 4.98 Å². The molecule has 1 N–H and O–H groups in total. The number of fused-ring (bicyclic) bond motifs is 1. The molecule has 0 spiro atoms. The lowest BCUT2D eigenvalue weighted by molar-refractivity contribution is 0.237. The summed E-state index contributed by atoms with van der Waals surface area (Å²) >= 11 is 0. The van der Waals surface area contributed by atoms with Crippen LogP contribution in [-0.4, -0.2) is 46.0 Å². The van der Waals surface area contributed by atoms with Crippen molar-refractivity contribution in [2.75, 3.05) is 31.5 Å². The topological polar surface area (TPSA) is 53.9 Å². The van der Waals surface area contributed by atoms with Crippen molar-refractivity contribution in [1.82, 2.24) is 19.9 Å². The Morgan fingerprint density at radius 3 is 2.68 bits per heavy atom. The van der Waals surface area contributed by atoms with E-state index in [-0.39, 0.29) is 0 Å². The number of pyridine rings is 1. The molecule has 128 valence electrons. The van der Waals surface area contributed by atoms with Crippen molar-refractivity contribution in [1.29, 1.82) is 0 Å². The molecule has 0 unspecified atom stereocenters. The number of hydrogen-bond donors (Lipinski definition) is 1. The van der Waals surface area contributed by atoms with Gasteiger partial charge in [-0.15, -0.1) is 0 Å². The fourth-order valence-corrected chi connectivity index (χ4v) is 3.35. The number of anilines is 1. The molecule has 0 aliphatic carbocycles. The molecule has 1 aliphatic heterocycles. The molecule has 1 saturated heterocycles. The van der Waals surface area contributed by atoms with Crippen LogP contribution in [0.15, 0.2) is 48.8 Å². The first-order valence-electron chi connectivity index (χ1n) is 9.03. The van der Waals surface area contributed by atoms with Gasteiger partial charge >= 0.3 is 0 Å². The third-order valence-corrected chi connectivity index (χ3v) is 4.69. The molecule has 5 heteroatoms. The summed E-state index contributed by atoms with van der Waals surface area (Å²) < 4.78 is 0. The fourth-order valence-electron chi connectivity index (χ4n) is 3.35. The van der Waals surface area contributed by atoms with E-state index < -0.39 is 0 Å². The number of aromatic nitrogens is 3. The van der Waals surface area contributed by atoms with E-state index in [0.29, 0.717) is 5.82 Å². The van der Waals surface area contributed by atoms with Crippen molar-refractivity contribution in [2.45, 2.75) is 19.3 Å². The number of nitrogens with zero attached hydrogens (tertiary/aromatic N) is 4. The molecule has 3 aromatic rings. The number of hydrogen-bond acceptors (Lipinski definition) is 5. The molecule has 0 radical (unpaired) electrons. The number of nitrogens with one attached hydrogen (secondary N) is 1. The lowest BCUT2D eigenvalue weighted by Crippen LogP contribution is -2.33. The van der Waals surface area contributed by atoms with E-state index in [4.69, 9.17) is 9.97 Å². The van der Waals surface area contributed by atoms with Gasteiger partial charge in [0.05, 0.1) is 5.52 Å². The lowest BCUT2D eigenvalue weighted by atomic mass is 10.1. The molecule has 3 heterocycles. The van der Waals surface area contributed by atoms with Crippen LogP contribution in [-0.2, 0) is 0 Å². The number of benzene rings is 1. The van der Waals surface area contributed by atoms with Gasteiger partial charge < -0.3 is 10.2 Å². The summed E-state index contributed by atoms with van der Waals surface area (Å²) in [5.41, 5.74) is 1.89. The molecule has 1 aliphatic rings. The molecule has 2 aromatic heterocycles. The SMILES string of the molecule is c1cncc(-c2nc(NCCN3CCCCC3)c3ccccc3n2)c1. The van der Waals surface area contributed by atoms with E-state index in [0.717, 1.165) is 35.4 Å². The first kappa shape index (κ1) is 16.0. The van der Waals surface area contributed by atoms with Gasteiger partial charge in [-0.1, -0.05) is 18.6 Å². The number of likely N-dealkylation sites (tertiary alicyclic amines) is 1. The average Bonchev–Trinajstić information content (AvgIpc) is 2.69. The maximum atomic E-state index is 4.77. The van der Waals surface area contributed by atoms with E-state index in [9.17, 15) is 0 Å². The molecule has 1 fully saturated rings. The van der Waals surface area contributed by atoms with Crippen LogP contribution in [0.5, 0.6) is 0 Å². The number of rotatable bonds is 5. The van der Waals surface area contributed by atoms with Gasteiger partial charge in [0.2, 0.25) is 0 Å². The van der Waals surface area contributed by atoms with Gasteiger partial charge in [0, 0.05) is 36.4 Å². The molecule has 25 heavy (non-hydrogen) atoms.